The van der Waals surface area contributed by atoms with Crippen LogP contribution in [-0.4, -0.2) is 25.5 Å². The molecule has 21 heavy (non-hydrogen) atoms. The topological polar surface area (TPSA) is 64.7 Å². The lowest BCUT2D eigenvalue weighted by Gasteiger charge is -2.03. The minimum atomic E-state index is -0.102. The van der Waals surface area contributed by atoms with Crippen LogP contribution in [0.4, 0.5) is 5.69 Å². The average Bonchev–Trinajstić information content (AvgIpc) is 3.03. The molecule has 7 heteroatoms. The van der Waals surface area contributed by atoms with Crippen molar-refractivity contribution in [2.75, 3.05) is 5.32 Å². The maximum Gasteiger partial charge on any atom is 0.265 e. The zero-order chi connectivity index (χ0) is 15.3. The molecule has 0 aromatic carbocycles. The Balaban J connectivity index is 1.95. The lowest BCUT2D eigenvalue weighted by molar-refractivity contribution is 0.103. The summed E-state index contributed by atoms with van der Waals surface area (Å²) >= 11 is 1.45. The summed E-state index contributed by atoms with van der Waals surface area (Å²) in [6, 6.07) is 1.90. The van der Waals surface area contributed by atoms with E-state index in [1.54, 1.807) is 4.68 Å². The summed E-state index contributed by atoms with van der Waals surface area (Å²) < 4.78 is 3.58. The summed E-state index contributed by atoms with van der Waals surface area (Å²) in [5.41, 5.74) is 3.49. The highest BCUT2D eigenvalue weighted by molar-refractivity contribution is 7.20. The zero-order valence-corrected chi connectivity index (χ0v) is 13.5. The number of hydrogen-bond acceptors (Lipinski definition) is 4. The Morgan fingerprint density at radius 2 is 1.81 bits per heavy atom. The van der Waals surface area contributed by atoms with Crippen LogP contribution in [-0.2, 0) is 14.1 Å². The molecule has 0 fully saturated rings. The molecule has 0 saturated carbocycles. The molecule has 0 aliphatic heterocycles. The summed E-state index contributed by atoms with van der Waals surface area (Å²) in [5.74, 6) is -0.102. The van der Waals surface area contributed by atoms with Gasteiger partial charge in [0.1, 0.15) is 4.83 Å². The first-order valence-corrected chi connectivity index (χ1v) is 7.45. The molecule has 3 aromatic rings. The Labute approximate surface area is 126 Å². The third-order valence-corrected chi connectivity index (χ3v) is 4.87. The van der Waals surface area contributed by atoms with Crippen LogP contribution in [0, 0.1) is 20.8 Å². The molecule has 1 N–H and O–H groups in total. The van der Waals surface area contributed by atoms with Gasteiger partial charge < -0.3 is 5.32 Å². The highest BCUT2D eigenvalue weighted by Crippen LogP contribution is 2.29. The number of amides is 1. The lowest BCUT2D eigenvalue weighted by Crippen LogP contribution is -2.11. The molecule has 6 nitrogen and oxygen atoms in total. The van der Waals surface area contributed by atoms with Gasteiger partial charge in [0.2, 0.25) is 0 Å². The normalized spacial score (nSPS) is 11.3. The molecule has 0 aliphatic rings. The quantitative estimate of drug-likeness (QED) is 0.791. The second-order valence-electron chi connectivity index (χ2n) is 5.16. The molecule has 3 rings (SSSR count). The fraction of sp³-hybridized carbons (Fsp3) is 0.357. The van der Waals surface area contributed by atoms with Gasteiger partial charge in [0, 0.05) is 19.5 Å². The number of fused-ring (bicyclic) bond motifs is 1. The van der Waals surface area contributed by atoms with Gasteiger partial charge in [0.05, 0.1) is 27.6 Å². The van der Waals surface area contributed by atoms with Gasteiger partial charge in [-0.15, -0.1) is 11.3 Å². The van der Waals surface area contributed by atoms with Crippen LogP contribution in [0.2, 0.25) is 0 Å². The van der Waals surface area contributed by atoms with Crippen molar-refractivity contribution in [1.82, 2.24) is 19.6 Å². The van der Waals surface area contributed by atoms with Crippen LogP contribution in [0.1, 0.15) is 26.8 Å². The first-order valence-electron chi connectivity index (χ1n) is 6.63. The van der Waals surface area contributed by atoms with E-state index in [1.807, 2.05) is 45.6 Å². The highest BCUT2D eigenvalue weighted by Gasteiger charge is 2.18. The van der Waals surface area contributed by atoms with E-state index >= 15 is 0 Å². The maximum absolute atomic E-state index is 12.5. The summed E-state index contributed by atoms with van der Waals surface area (Å²) in [4.78, 5) is 14.1. The van der Waals surface area contributed by atoms with Crippen LogP contribution < -0.4 is 5.32 Å². The minimum Gasteiger partial charge on any atom is -0.318 e. The predicted octanol–water partition coefficient (Wildman–Crippen LogP) is 2.55. The first kappa shape index (κ1) is 13.8. The third kappa shape index (κ3) is 2.13. The van der Waals surface area contributed by atoms with Gasteiger partial charge in [-0.1, -0.05) is 0 Å². The lowest BCUT2D eigenvalue weighted by atomic mass is 10.3. The number of nitrogens with zero attached hydrogens (tertiary/aromatic N) is 4. The molecular formula is C14H17N5OS. The van der Waals surface area contributed by atoms with Crippen LogP contribution in [0.3, 0.4) is 0 Å². The van der Waals surface area contributed by atoms with Crippen LogP contribution in [0.5, 0.6) is 0 Å². The maximum atomic E-state index is 12.5. The molecule has 0 bridgehead atoms. The van der Waals surface area contributed by atoms with Crippen molar-refractivity contribution in [1.29, 1.82) is 0 Å². The Morgan fingerprint density at radius 1 is 1.14 bits per heavy atom. The van der Waals surface area contributed by atoms with Crippen LogP contribution in [0.15, 0.2) is 6.07 Å². The SMILES string of the molecule is Cc1nn(C)c(C)c1NC(=O)c1cc2c(C)nn(C)c2s1. The second-order valence-corrected chi connectivity index (χ2v) is 6.19. The van der Waals surface area contributed by atoms with E-state index in [-0.39, 0.29) is 5.91 Å². The summed E-state index contributed by atoms with van der Waals surface area (Å²) in [7, 11) is 3.76. The number of aryl methyl sites for hydroxylation is 4. The Kier molecular flexibility index (Phi) is 3.09. The summed E-state index contributed by atoms with van der Waals surface area (Å²) in [6.07, 6.45) is 0. The molecular weight excluding hydrogens is 286 g/mol. The molecule has 3 heterocycles. The van der Waals surface area contributed by atoms with E-state index in [0.717, 1.165) is 33.0 Å². The fourth-order valence-corrected chi connectivity index (χ4v) is 3.47. The predicted molar refractivity (Wildman–Crippen MR) is 84.0 cm³/mol. The van der Waals surface area contributed by atoms with Crippen molar-refractivity contribution < 1.29 is 4.79 Å². The fourth-order valence-electron chi connectivity index (χ4n) is 2.45. The number of carbonyl (C=O) groups is 1. The number of carbonyl (C=O) groups excluding carboxylic acids is 1. The van der Waals surface area contributed by atoms with Crippen molar-refractivity contribution in [2.24, 2.45) is 14.1 Å². The highest BCUT2D eigenvalue weighted by atomic mass is 32.1. The van der Waals surface area contributed by atoms with E-state index in [0.29, 0.717) is 4.88 Å². The van der Waals surface area contributed by atoms with E-state index in [9.17, 15) is 4.79 Å². The van der Waals surface area contributed by atoms with Gasteiger partial charge in [-0.2, -0.15) is 10.2 Å². The zero-order valence-electron chi connectivity index (χ0n) is 12.7. The monoisotopic (exact) mass is 303 g/mol. The van der Waals surface area contributed by atoms with Gasteiger partial charge in [-0.3, -0.25) is 14.2 Å². The molecule has 0 radical (unpaired) electrons. The van der Waals surface area contributed by atoms with E-state index < -0.39 is 0 Å². The Bertz CT molecular complexity index is 820. The van der Waals surface area contributed by atoms with Gasteiger partial charge in [-0.25, -0.2) is 0 Å². The molecule has 3 aromatic heterocycles. The number of rotatable bonds is 2. The van der Waals surface area contributed by atoms with Crippen molar-refractivity contribution >= 4 is 33.1 Å². The molecule has 0 unspecified atom stereocenters. The van der Waals surface area contributed by atoms with Gasteiger partial charge in [0.15, 0.2) is 0 Å². The number of anilines is 1. The number of aromatic nitrogens is 4. The molecule has 0 atom stereocenters. The van der Waals surface area contributed by atoms with Crippen LogP contribution >= 0.6 is 11.3 Å². The second kappa shape index (κ2) is 4.70. The largest absolute Gasteiger partial charge is 0.318 e. The smallest absolute Gasteiger partial charge is 0.265 e. The number of hydrogen-bond donors (Lipinski definition) is 1. The molecule has 0 spiro atoms. The van der Waals surface area contributed by atoms with E-state index in [4.69, 9.17) is 0 Å². The number of thiophene rings is 1. The summed E-state index contributed by atoms with van der Waals surface area (Å²) in [5, 5.41) is 12.7. The molecule has 0 saturated heterocycles. The van der Waals surface area contributed by atoms with Crippen LogP contribution in [0.25, 0.3) is 10.2 Å². The molecule has 110 valence electrons. The van der Waals surface area contributed by atoms with Gasteiger partial charge in [-0.05, 0) is 26.8 Å². The summed E-state index contributed by atoms with van der Waals surface area (Å²) in [6.45, 7) is 5.78. The van der Waals surface area contributed by atoms with Gasteiger partial charge in [0.25, 0.3) is 5.91 Å². The first-order chi connectivity index (χ1) is 9.88. The number of nitrogens with one attached hydrogen (secondary N) is 1. The molecule has 0 aliphatic carbocycles. The Morgan fingerprint density at radius 3 is 2.38 bits per heavy atom. The third-order valence-electron chi connectivity index (χ3n) is 3.67. The Hall–Kier alpha value is -2.15. The molecule has 1 amide bonds. The van der Waals surface area contributed by atoms with Crippen molar-refractivity contribution in [3.63, 3.8) is 0 Å². The van der Waals surface area contributed by atoms with Crippen molar-refractivity contribution in [2.45, 2.75) is 20.8 Å². The average molecular weight is 303 g/mol. The van der Waals surface area contributed by atoms with E-state index in [2.05, 4.69) is 15.5 Å². The van der Waals surface area contributed by atoms with E-state index in [1.165, 1.54) is 11.3 Å². The van der Waals surface area contributed by atoms with Gasteiger partial charge >= 0.3 is 0 Å². The van der Waals surface area contributed by atoms with Crippen molar-refractivity contribution in [3.05, 3.63) is 28.0 Å². The van der Waals surface area contributed by atoms with Crippen molar-refractivity contribution in [3.8, 4) is 0 Å². The standard InChI is InChI=1S/C14H17N5OS/c1-7-10-6-11(21-14(10)19(5)16-7)13(20)15-12-8(2)17-18(4)9(12)3/h6H,1-5H3,(H,15,20). The minimum absolute atomic E-state index is 0.102.